The molecule has 1 amide bonds. The molecule has 3 heterocycles. The number of hydrogen-bond donors (Lipinski definition) is 0. The molecule has 128 valence electrons. The van der Waals surface area contributed by atoms with E-state index < -0.39 is 0 Å². The van der Waals surface area contributed by atoms with Crippen molar-refractivity contribution in [3.8, 4) is 5.88 Å². The van der Waals surface area contributed by atoms with Gasteiger partial charge >= 0.3 is 0 Å². The number of nitrogens with zero attached hydrogens (tertiary/aromatic N) is 3. The van der Waals surface area contributed by atoms with Crippen LogP contribution in [-0.2, 0) is 18.3 Å². The van der Waals surface area contributed by atoms with Crippen molar-refractivity contribution in [1.29, 1.82) is 0 Å². The fourth-order valence-corrected chi connectivity index (χ4v) is 2.91. The topological polar surface area (TPSA) is 56.6 Å². The zero-order valence-corrected chi connectivity index (χ0v) is 14.5. The van der Waals surface area contributed by atoms with Gasteiger partial charge in [-0.2, -0.15) is 0 Å². The minimum Gasteiger partial charge on any atom is -0.472 e. The average Bonchev–Trinajstić information content (AvgIpc) is 3.16. The van der Waals surface area contributed by atoms with E-state index in [0.29, 0.717) is 36.2 Å². The van der Waals surface area contributed by atoms with Crippen LogP contribution in [0.3, 0.4) is 0 Å². The van der Waals surface area contributed by atoms with Crippen LogP contribution in [0.2, 0.25) is 5.02 Å². The molecule has 7 heteroatoms. The van der Waals surface area contributed by atoms with E-state index in [0.717, 1.165) is 12.1 Å². The number of aryl methyl sites for hydroxylation is 1. The van der Waals surface area contributed by atoms with Crippen molar-refractivity contribution in [3.63, 3.8) is 0 Å². The number of hydrogen-bond acceptors (Lipinski definition) is 4. The summed E-state index contributed by atoms with van der Waals surface area (Å²) in [7, 11) is 3.66. The summed E-state index contributed by atoms with van der Waals surface area (Å²) in [5, 5.41) is 0.659. The number of halogens is 1. The van der Waals surface area contributed by atoms with E-state index in [1.165, 1.54) is 0 Å². The second kappa shape index (κ2) is 7.23. The molecule has 2 aromatic rings. The molecule has 24 heavy (non-hydrogen) atoms. The number of pyridine rings is 1. The molecule has 1 fully saturated rings. The Kier molecular flexibility index (Phi) is 5.06. The van der Waals surface area contributed by atoms with Gasteiger partial charge in [0.25, 0.3) is 5.91 Å². The molecule has 0 N–H and O–H groups in total. The van der Waals surface area contributed by atoms with Gasteiger partial charge in [-0.25, -0.2) is 4.98 Å². The number of aromatic nitrogens is 2. The molecule has 0 radical (unpaired) electrons. The second-order valence-electron chi connectivity index (χ2n) is 5.91. The standard InChI is InChI=1S/C17H20ClN3O3/c1-20-9-13(18)8-14(20)10-21(2)17(22)12-3-5-19-16(7-12)24-15-4-6-23-11-15/h3,5,7-9,15H,4,6,10-11H2,1-2H3/t15-/m0/s1. The number of carbonyl (C=O) groups is 1. The predicted octanol–water partition coefficient (Wildman–Crippen LogP) is 2.51. The van der Waals surface area contributed by atoms with Crippen LogP contribution in [0.1, 0.15) is 22.5 Å². The Hall–Kier alpha value is -2.05. The summed E-state index contributed by atoms with van der Waals surface area (Å²) >= 11 is 5.99. The molecule has 0 spiro atoms. The van der Waals surface area contributed by atoms with Gasteiger partial charge in [-0.05, 0) is 12.1 Å². The summed E-state index contributed by atoms with van der Waals surface area (Å²) in [6.07, 6.45) is 4.25. The smallest absolute Gasteiger partial charge is 0.254 e. The normalized spacial score (nSPS) is 17.0. The van der Waals surface area contributed by atoms with Crippen LogP contribution in [-0.4, -0.2) is 46.7 Å². The molecular weight excluding hydrogens is 330 g/mol. The third-order valence-corrected chi connectivity index (χ3v) is 4.18. The van der Waals surface area contributed by atoms with Crippen molar-refractivity contribution < 1.29 is 14.3 Å². The Morgan fingerprint density at radius 1 is 1.54 bits per heavy atom. The van der Waals surface area contributed by atoms with Gasteiger partial charge in [-0.15, -0.1) is 0 Å². The highest BCUT2D eigenvalue weighted by molar-refractivity contribution is 6.30. The molecule has 0 bridgehead atoms. The Morgan fingerprint density at radius 3 is 3.04 bits per heavy atom. The van der Waals surface area contributed by atoms with Crippen molar-refractivity contribution in [2.24, 2.45) is 7.05 Å². The highest BCUT2D eigenvalue weighted by Crippen LogP contribution is 2.18. The van der Waals surface area contributed by atoms with E-state index in [1.807, 2.05) is 23.9 Å². The van der Waals surface area contributed by atoms with E-state index in [-0.39, 0.29) is 12.0 Å². The van der Waals surface area contributed by atoms with Gasteiger partial charge in [-0.3, -0.25) is 4.79 Å². The molecule has 2 aromatic heterocycles. The molecule has 3 rings (SSSR count). The number of amides is 1. The van der Waals surface area contributed by atoms with Gasteiger partial charge in [-0.1, -0.05) is 11.6 Å². The number of carbonyl (C=O) groups excluding carboxylic acids is 1. The van der Waals surface area contributed by atoms with Gasteiger partial charge in [0.1, 0.15) is 6.10 Å². The summed E-state index contributed by atoms with van der Waals surface area (Å²) in [5.74, 6) is 0.355. The lowest BCUT2D eigenvalue weighted by molar-refractivity contribution is 0.0781. The largest absolute Gasteiger partial charge is 0.472 e. The van der Waals surface area contributed by atoms with Gasteiger partial charge in [0.15, 0.2) is 0 Å². The Balaban J connectivity index is 1.68. The first-order valence-electron chi connectivity index (χ1n) is 7.79. The highest BCUT2D eigenvalue weighted by atomic mass is 35.5. The zero-order chi connectivity index (χ0) is 17.1. The van der Waals surface area contributed by atoms with Crippen molar-refractivity contribution in [2.45, 2.75) is 19.1 Å². The second-order valence-corrected chi connectivity index (χ2v) is 6.34. The SMILES string of the molecule is CN(Cc1cc(Cl)cn1C)C(=O)c1ccnc(O[C@H]2CCOC2)c1. The third kappa shape index (κ3) is 3.88. The van der Waals surface area contributed by atoms with Crippen LogP contribution in [0, 0.1) is 0 Å². The third-order valence-electron chi connectivity index (χ3n) is 3.98. The maximum Gasteiger partial charge on any atom is 0.254 e. The van der Waals surface area contributed by atoms with Crippen LogP contribution in [0.4, 0.5) is 0 Å². The van der Waals surface area contributed by atoms with Crippen molar-refractivity contribution in [1.82, 2.24) is 14.5 Å². The van der Waals surface area contributed by atoms with Crippen LogP contribution in [0.15, 0.2) is 30.6 Å². The van der Waals surface area contributed by atoms with E-state index >= 15 is 0 Å². The summed E-state index contributed by atoms with van der Waals surface area (Å²) < 4.78 is 13.0. The predicted molar refractivity (Wildman–Crippen MR) is 90.3 cm³/mol. The van der Waals surface area contributed by atoms with E-state index in [9.17, 15) is 4.79 Å². The minimum atomic E-state index is -0.0951. The van der Waals surface area contributed by atoms with Gasteiger partial charge in [0.2, 0.25) is 5.88 Å². The van der Waals surface area contributed by atoms with Gasteiger partial charge in [0, 0.05) is 50.2 Å². The summed E-state index contributed by atoms with van der Waals surface area (Å²) in [6, 6.07) is 5.22. The Morgan fingerprint density at radius 2 is 2.38 bits per heavy atom. The zero-order valence-electron chi connectivity index (χ0n) is 13.7. The van der Waals surface area contributed by atoms with Crippen molar-refractivity contribution in [3.05, 3.63) is 46.9 Å². The van der Waals surface area contributed by atoms with E-state index in [4.69, 9.17) is 21.1 Å². The number of ether oxygens (including phenoxy) is 2. The molecule has 0 aromatic carbocycles. The molecule has 1 aliphatic heterocycles. The van der Waals surface area contributed by atoms with E-state index in [2.05, 4.69) is 4.98 Å². The maximum atomic E-state index is 12.6. The molecule has 1 saturated heterocycles. The first-order valence-corrected chi connectivity index (χ1v) is 8.17. The highest BCUT2D eigenvalue weighted by Gasteiger charge is 2.19. The lowest BCUT2D eigenvalue weighted by atomic mass is 10.2. The molecule has 6 nitrogen and oxygen atoms in total. The quantitative estimate of drug-likeness (QED) is 0.832. The fraction of sp³-hybridized carbons (Fsp3) is 0.412. The molecule has 1 atom stereocenters. The maximum absolute atomic E-state index is 12.6. The summed E-state index contributed by atoms with van der Waals surface area (Å²) in [6.45, 7) is 1.73. The lowest BCUT2D eigenvalue weighted by Gasteiger charge is -2.18. The molecule has 0 unspecified atom stereocenters. The first kappa shape index (κ1) is 16.8. The lowest BCUT2D eigenvalue weighted by Crippen LogP contribution is -2.27. The van der Waals surface area contributed by atoms with Crippen molar-refractivity contribution >= 4 is 17.5 Å². The van der Waals surface area contributed by atoms with Crippen LogP contribution < -0.4 is 4.74 Å². The molecule has 1 aliphatic rings. The summed E-state index contributed by atoms with van der Waals surface area (Å²) in [5.41, 5.74) is 1.51. The fourth-order valence-electron chi connectivity index (χ4n) is 2.64. The molecule has 0 saturated carbocycles. The molecular formula is C17H20ClN3O3. The summed E-state index contributed by atoms with van der Waals surface area (Å²) in [4.78, 5) is 18.5. The van der Waals surface area contributed by atoms with Gasteiger partial charge < -0.3 is 18.9 Å². The average molecular weight is 350 g/mol. The number of rotatable bonds is 5. The first-order chi connectivity index (χ1) is 11.5. The Labute approximate surface area is 145 Å². The van der Waals surface area contributed by atoms with Crippen molar-refractivity contribution in [2.75, 3.05) is 20.3 Å². The Bertz CT molecular complexity index is 726. The van der Waals surface area contributed by atoms with Crippen LogP contribution in [0.5, 0.6) is 5.88 Å². The molecule has 0 aliphatic carbocycles. The van der Waals surface area contributed by atoms with E-state index in [1.54, 1.807) is 30.3 Å². The van der Waals surface area contributed by atoms with Crippen LogP contribution in [0.25, 0.3) is 0 Å². The monoisotopic (exact) mass is 349 g/mol. The van der Waals surface area contributed by atoms with Crippen LogP contribution >= 0.6 is 11.6 Å². The minimum absolute atomic E-state index is 0.00564. The van der Waals surface area contributed by atoms with Gasteiger partial charge in [0.05, 0.1) is 24.8 Å².